The summed E-state index contributed by atoms with van der Waals surface area (Å²) in [5.41, 5.74) is 6.48. The molecule has 0 radical (unpaired) electrons. The van der Waals surface area contributed by atoms with E-state index < -0.39 is 20.9 Å². The quantitative estimate of drug-likeness (QED) is 0.300. The third-order valence-electron chi connectivity index (χ3n) is 5.17. The summed E-state index contributed by atoms with van der Waals surface area (Å²) >= 11 is 0. The molecule has 0 heterocycles. The van der Waals surface area contributed by atoms with Crippen molar-refractivity contribution >= 4 is 14.7 Å². The maximum Gasteiger partial charge on any atom is 0.337 e. The predicted octanol–water partition coefficient (Wildman–Crippen LogP) is 4.51. The van der Waals surface area contributed by atoms with Crippen LogP contribution in [-0.2, 0) is 18.6 Å². The number of ether oxygens (including phenoxy) is 1. The summed E-state index contributed by atoms with van der Waals surface area (Å²) in [5.74, 6) is 0.513. The zero-order valence-corrected chi connectivity index (χ0v) is 15.3. The van der Waals surface area contributed by atoms with Gasteiger partial charge in [0.1, 0.15) is 0 Å². The molecular formula is C18H30NO4P. The molecule has 136 valence electrons. The van der Waals surface area contributed by atoms with E-state index >= 15 is 0 Å². The minimum atomic E-state index is -0.569. The van der Waals surface area contributed by atoms with Crippen molar-refractivity contribution in [3.63, 3.8) is 0 Å². The summed E-state index contributed by atoms with van der Waals surface area (Å²) in [6.07, 6.45) is 14.0. The van der Waals surface area contributed by atoms with Crippen LogP contribution in [0.3, 0.4) is 0 Å². The van der Waals surface area contributed by atoms with E-state index in [1.54, 1.807) is 0 Å². The van der Waals surface area contributed by atoms with E-state index in [1.807, 2.05) is 6.08 Å². The molecule has 0 amide bonds. The molecule has 0 aliphatic heterocycles. The van der Waals surface area contributed by atoms with Crippen molar-refractivity contribution in [3.8, 4) is 0 Å². The summed E-state index contributed by atoms with van der Waals surface area (Å²) < 4.78 is 20.9. The average molecular weight is 355 g/mol. The van der Waals surface area contributed by atoms with Gasteiger partial charge < -0.3 is 4.74 Å². The fraction of sp³-hybridized carbons (Fsp3) is 0.833. The Morgan fingerprint density at radius 1 is 1.08 bits per heavy atom. The van der Waals surface area contributed by atoms with Gasteiger partial charge in [-0.15, -0.1) is 0 Å². The van der Waals surface area contributed by atoms with Crippen LogP contribution in [0.2, 0.25) is 0 Å². The number of hydrogen-bond acceptors (Lipinski definition) is 5. The highest BCUT2D eigenvalue weighted by atomic mass is 31.1. The van der Waals surface area contributed by atoms with E-state index in [9.17, 15) is 9.36 Å². The first-order valence-corrected chi connectivity index (χ1v) is 10.0. The maximum atomic E-state index is 12.4. The van der Waals surface area contributed by atoms with Crippen molar-refractivity contribution < 1.29 is 18.6 Å². The molecule has 2 aliphatic carbocycles. The summed E-state index contributed by atoms with van der Waals surface area (Å²) in [4.78, 5) is 12.4. The van der Waals surface area contributed by atoms with Gasteiger partial charge in [0.25, 0.3) is 0 Å². The number of carbonyl (C=O) groups excluding carboxylic acids is 1. The molecule has 1 unspecified atom stereocenters. The van der Waals surface area contributed by atoms with Crippen LogP contribution in [0.1, 0.15) is 70.6 Å². The van der Waals surface area contributed by atoms with Crippen LogP contribution in [-0.4, -0.2) is 18.8 Å². The van der Waals surface area contributed by atoms with Gasteiger partial charge in [0, 0.05) is 6.42 Å². The highest BCUT2D eigenvalue weighted by Gasteiger charge is 2.22. The van der Waals surface area contributed by atoms with E-state index in [0.717, 1.165) is 19.3 Å². The third-order valence-corrected chi connectivity index (χ3v) is 5.40. The van der Waals surface area contributed by atoms with Crippen molar-refractivity contribution in [2.45, 2.75) is 76.9 Å². The summed E-state index contributed by atoms with van der Waals surface area (Å²) in [6.45, 7) is 0.0105. The van der Waals surface area contributed by atoms with E-state index in [-0.39, 0.29) is 6.61 Å². The molecule has 2 fully saturated rings. The highest BCUT2D eigenvalue weighted by Crippen LogP contribution is 2.28. The molecule has 0 aromatic carbocycles. The van der Waals surface area contributed by atoms with Gasteiger partial charge in [-0.1, -0.05) is 57.4 Å². The van der Waals surface area contributed by atoms with E-state index in [0.29, 0.717) is 17.4 Å². The van der Waals surface area contributed by atoms with Gasteiger partial charge in [-0.25, -0.2) is 9.36 Å². The zero-order chi connectivity index (χ0) is 17.2. The molecule has 0 spiro atoms. The Hall–Kier alpha value is -0.770. The van der Waals surface area contributed by atoms with Gasteiger partial charge in [0.15, 0.2) is 6.23 Å². The number of rotatable bonds is 8. The lowest BCUT2D eigenvalue weighted by atomic mass is 9.86. The summed E-state index contributed by atoms with van der Waals surface area (Å²) in [6, 6.07) is 0. The van der Waals surface area contributed by atoms with Gasteiger partial charge in [-0.2, -0.15) is 0 Å². The second-order valence-electron chi connectivity index (χ2n) is 7.12. The fourth-order valence-corrected chi connectivity index (χ4v) is 4.06. The van der Waals surface area contributed by atoms with Crippen molar-refractivity contribution in [1.82, 2.24) is 0 Å². The van der Waals surface area contributed by atoms with Crippen LogP contribution in [0.5, 0.6) is 0 Å². The Labute approximate surface area is 146 Å². The molecule has 0 aromatic rings. The molecule has 24 heavy (non-hydrogen) atoms. The molecular weight excluding hydrogens is 325 g/mol. The van der Waals surface area contributed by atoms with Crippen molar-refractivity contribution in [2.75, 3.05) is 6.61 Å². The molecule has 0 bridgehead atoms. The lowest BCUT2D eigenvalue weighted by molar-refractivity contribution is -0.145. The largest absolute Gasteiger partial charge is 0.443 e. The SMILES string of the molecule is NC(CC1CCCCC1)OC(=O)C(=CC1CCCCC1)COP=O. The zero-order valence-electron chi connectivity index (χ0n) is 14.5. The van der Waals surface area contributed by atoms with Crippen LogP contribution >= 0.6 is 8.69 Å². The Morgan fingerprint density at radius 2 is 1.71 bits per heavy atom. The van der Waals surface area contributed by atoms with E-state index in [2.05, 4.69) is 0 Å². The van der Waals surface area contributed by atoms with E-state index in [1.165, 1.54) is 51.4 Å². The molecule has 1 atom stereocenters. The summed E-state index contributed by atoms with van der Waals surface area (Å²) in [5, 5.41) is 0. The average Bonchev–Trinajstić information content (AvgIpc) is 2.60. The van der Waals surface area contributed by atoms with E-state index in [4.69, 9.17) is 15.0 Å². The first-order chi connectivity index (χ1) is 11.7. The smallest absolute Gasteiger partial charge is 0.337 e. The van der Waals surface area contributed by atoms with Gasteiger partial charge in [-0.05, 0) is 24.7 Å². The topological polar surface area (TPSA) is 78.6 Å². The monoisotopic (exact) mass is 355 g/mol. The van der Waals surface area contributed by atoms with Crippen LogP contribution in [0, 0.1) is 11.8 Å². The lowest BCUT2D eigenvalue weighted by Gasteiger charge is -2.25. The normalized spacial score (nSPS) is 22.5. The molecule has 2 N–H and O–H groups in total. The Balaban J connectivity index is 1.87. The molecule has 0 saturated heterocycles. The van der Waals surface area contributed by atoms with Crippen LogP contribution < -0.4 is 5.73 Å². The molecule has 2 aliphatic rings. The third kappa shape index (κ3) is 7.00. The van der Waals surface area contributed by atoms with Crippen molar-refractivity contribution in [2.24, 2.45) is 17.6 Å². The fourth-order valence-electron chi connectivity index (χ4n) is 3.87. The number of hydrogen-bond donors (Lipinski definition) is 1. The minimum Gasteiger partial charge on any atom is -0.443 e. The molecule has 5 nitrogen and oxygen atoms in total. The molecule has 2 saturated carbocycles. The number of allylic oxidation sites excluding steroid dienone is 1. The number of esters is 1. The molecule has 6 heteroatoms. The number of nitrogens with two attached hydrogens (primary N) is 1. The Kier molecular flexibility index (Phi) is 8.93. The van der Waals surface area contributed by atoms with Gasteiger partial charge in [-0.3, -0.25) is 10.3 Å². The first-order valence-electron chi connectivity index (χ1n) is 9.31. The lowest BCUT2D eigenvalue weighted by Crippen LogP contribution is -2.31. The highest BCUT2D eigenvalue weighted by molar-refractivity contribution is 7.17. The van der Waals surface area contributed by atoms with Crippen LogP contribution in [0.15, 0.2) is 11.6 Å². The van der Waals surface area contributed by atoms with Crippen molar-refractivity contribution in [3.05, 3.63) is 11.6 Å². The minimum absolute atomic E-state index is 0.0105. The second kappa shape index (κ2) is 11.0. The van der Waals surface area contributed by atoms with Crippen LogP contribution in [0.4, 0.5) is 0 Å². The van der Waals surface area contributed by atoms with Crippen molar-refractivity contribution in [1.29, 1.82) is 0 Å². The second-order valence-corrected chi connectivity index (χ2v) is 7.53. The maximum absolute atomic E-state index is 12.4. The van der Waals surface area contributed by atoms with Gasteiger partial charge in [0.2, 0.25) is 0 Å². The Bertz CT molecular complexity index is 429. The first kappa shape index (κ1) is 19.6. The van der Waals surface area contributed by atoms with Gasteiger partial charge >= 0.3 is 14.7 Å². The Morgan fingerprint density at radius 3 is 2.33 bits per heavy atom. The summed E-state index contributed by atoms with van der Waals surface area (Å²) in [7, 11) is -0.424. The standard InChI is InChI=1S/C18H30NO4P/c19-17(12-15-9-5-2-6-10-15)23-18(20)16(13-22-24-21)11-14-7-3-1-4-8-14/h11,14-15,17H,1-10,12-13,19H2. The number of carbonyl (C=O) groups is 1. The predicted molar refractivity (Wildman–Crippen MR) is 93.5 cm³/mol. The van der Waals surface area contributed by atoms with Gasteiger partial charge in [0.05, 0.1) is 12.2 Å². The van der Waals surface area contributed by atoms with Crippen LogP contribution in [0.25, 0.3) is 0 Å². The molecule has 0 aromatic heterocycles. The molecule has 2 rings (SSSR count).